The number of rotatable bonds is 7. The van der Waals surface area contributed by atoms with Crippen LogP contribution in [0.15, 0.2) is 206 Å². The number of aromatic nitrogens is 3. The minimum absolute atomic E-state index is 0.852. The molecule has 2 heterocycles. The second-order valence-corrected chi connectivity index (χ2v) is 13.4. The third kappa shape index (κ3) is 5.49. The lowest BCUT2D eigenvalue weighted by Gasteiger charge is -2.26. The van der Waals surface area contributed by atoms with Gasteiger partial charge in [-0.25, -0.2) is 9.97 Å². The molecule has 10 aromatic rings. The number of nitrogens with zero attached hydrogens (tertiary/aromatic N) is 4. The van der Waals surface area contributed by atoms with Crippen LogP contribution >= 0.6 is 0 Å². The van der Waals surface area contributed by atoms with Crippen LogP contribution in [0.3, 0.4) is 0 Å². The highest BCUT2D eigenvalue weighted by Gasteiger charge is 2.19. The molecule has 4 heteroatoms. The molecule has 4 nitrogen and oxygen atoms in total. The van der Waals surface area contributed by atoms with Gasteiger partial charge >= 0.3 is 0 Å². The van der Waals surface area contributed by atoms with Crippen molar-refractivity contribution in [3.63, 3.8) is 0 Å². The molecule has 254 valence electrons. The van der Waals surface area contributed by atoms with Crippen LogP contribution in [0, 0.1) is 0 Å². The van der Waals surface area contributed by atoms with E-state index in [4.69, 9.17) is 9.97 Å². The van der Waals surface area contributed by atoms with Crippen LogP contribution in [0.2, 0.25) is 0 Å². The molecule has 0 saturated heterocycles. The zero-order valence-corrected chi connectivity index (χ0v) is 29.4. The Labute approximate surface area is 313 Å². The van der Waals surface area contributed by atoms with E-state index >= 15 is 0 Å². The van der Waals surface area contributed by atoms with Crippen molar-refractivity contribution in [1.82, 2.24) is 14.5 Å². The molecule has 0 aliphatic heterocycles. The van der Waals surface area contributed by atoms with Crippen molar-refractivity contribution in [2.75, 3.05) is 4.90 Å². The quantitative estimate of drug-likeness (QED) is 0.167. The number of hydrogen-bond acceptors (Lipinski definition) is 3. The molecule has 8 aromatic carbocycles. The molecule has 54 heavy (non-hydrogen) atoms. The van der Waals surface area contributed by atoms with Gasteiger partial charge in [0.25, 0.3) is 0 Å². The van der Waals surface area contributed by atoms with E-state index in [0.29, 0.717) is 0 Å². The number of para-hydroxylation sites is 4. The first-order valence-corrected chi connectivity index (χ1v) is 18.3. The second-order valence-electron chi connectivity index (χ2n) is 13.4. The molecule has 0 amide bonds. The van der Waals surface area contributed by atoms with Crippen LogP contribution in [-0.2, 0) is 0 Å². The molecule has 0 aliphatic rings. The lowest BCUT2D eigenvalue weighted by atomic mass is 10.0. The van der Waals surface area contributed by atoms with E-state index in [2.05, 4.69) is 204 Å². The fourth-order valence-electron chi connectivity index (χ4n) is 7.67. The van der Waals surface area contributed by atoms with Crippen molar-refractivity contribution in [2.24, 2.45) is 0 Å². The summed E-state index contributed by atoms with van der Waals surface area (Å²) in [4.78, 5) is 13.0. The molecule has 0 N–H and O–H groups in total. The first-order valence-electron chi connectivity index (χ1n) is 18.3. The highest BCUT2D eigenvalue weighted by molar-refractivity contribution is 6.10. The number of hydrogen-bond donors (Lipinski definition) is 0. The van der Waals surface area contributed by atoms with Crippen molar-refractivity contribution in [3.05, 3.63) is 206 Å². The molecule has 0 fully saturated rings. The Bertz CT molecular complexity index is 2900. The van der Waals surface area contributed by atoms with Crippen molar-refractivity contribution in [1.29, 1.82) is 0 Å². The zero-order valence-electron chi connectivity index (χ0n) is 29.4. The summed E-state index contributed by atoms with van der Waals surface area (Å²) in [6.07, 6.45) is 0. The predicted molar refractivity (Wildman–Crippen MR) is 225 cm³/mol. The minimum atomic E-state index is 0.852. The zero-order chi connectivity index (χ0) is 35.8. The molecule has 0 aliphatic carbocycles. The van der Waals surface area contributed by atoms with Gasteiger partial charge in [0.1, 0.15) is 0 Å². The average molecular weight is 691 g/mol. The van der Waals surface area contributed by atoms with Gasteiger partial charge in [0.2, 0.25) is 0 Å². The first-order chi connectivity index (χ1) is 26.8. The molecule has 10 rings (SSSR count). The Morgan fingerprint density at radius 3 is 1.67 bits per heavy atom. The minimum Gasteiger partial charge on any atom is -0.310 e. The van der Waals surface area contributed by atoms with Crippen LogP contribution in [0.4, 0.5) is 17.1 Å². The van der Waals surface area contributed by atoms with Gasteiger partial charge < -0.3 is 9.47 Å². The molecule has 0 atom stereocenters. The normalized spacial score (nSPS) is 11.3. The highest BCUT2D eigenvalue weighted by Crippen LogP contribution is 2.41. The highest BCUT2D eigenvalue weighted by atomic mass is 15.1. The molecule has 0 bridgehead atoms. The second kappa shape index (κ2) is 13.4. The summed E-state index contributed by atoms with van der Waals surface area (Å²) in [5.74, 6) is 0. The van der Waals surface area contributed by atoms with Gasteiger partial charge in [-0.05, 0) is 72.3 Å². The van der Waals surface area contributed by atoms with Crippen LogP contribution in [0.1, 0.15) is 0 Å². The van der Waals surface area contributed by atoms with E-state index in [-0.39, 0.29) is 0 Å². The Hall–Kier alpha value is -7.30. The van der Waals surface area contributed by atoms with E-state index in [9.17, 15) is 0 Å². The summed E-state index contributed by atoms with van der Waals surface area (Å²) in [5.41, 5.74) is 14.4. The SMILES string of the molecule is c1ccc(-c2nc3cccc(-c4ccccc4)c3nc2-c2ccc(N(c3ccccc3)c3ccc4c(c3)c3ccccc3n4-c3ccccc3)cc2)cc1. The molecule has 0 radical (unpaired) electrons. The standard InChI is InChI=1S/C50H34N4/c1-5-16-35(17-6-1)42-25-15-26-45-50(42)52-49(48(51-45)36-18-7-2-8-19-36)37-28-30-40(31-29-37)53(38-20-9-3-10-21-38)41-32-33-47-44(34-41)43-24-13-14-27-46(43)54(47)39-22-11-4-12-23-39/h1-34H. The van der Waals surface area contributed by atoms with E-state index in [1.807, 2.05) is 12.1 Å². The predicted octanol–water partition coefficient (Wildman–Crippen LogP) is 13.2. The molecule has 2 aromatic heterocycles. The fraction of sp³-hybridized carbons (Fsp3) is 0. The number of benzene rings is 8. The van der Waals surface area contributed by atoms with Crippen LogP contribution in [0.25, 0.3) is 72.2 Å². The summed E-state index contributed by atoms with van der Waals surface area (Å²) < 4.78 is 2.36. The summed E-state index contributed by atoms with van der Waals surface area (Å²) >= 11 is 0. The van der Waals surface area contributed by atoms with Crippen LogP contribution < -0.4 is 4.90 Å². The lowest BCUT2D eigenvalue weighted by Crippen LogP contribution is -2.09. The largest absolute Gasteiger partial charge is 0.310 e. The maximum absolute atomic E-state index is 5.40. The topological polar surface area (TPSA) is 34.0 Å². The van der Waals surface area contributed by atoms with Gasteiger partial charge in [0, 0.05) is 50.2 Å². The number of anilines is 3. The Balaban J connectivity index is 1.13. The van der Waals surface area contributed by atoms with Crippen LogP contribution in [0.5, 0.6) is 0 Å². The third-order valence-electron chi connectivity index (χ3n) is 10.2. The van der Waals surface area contributed by atoms with Crippen molar-refractivity contribution in [3.8, 4) is 39.3 Å². The van der Waals surface area contributed by atoms with E-state index in [1.54, 1.807) is 0 Å². The van der Waals surface area contributed by atoms with E-state index in [0.717, 1.165) is 67.4 Å². The van der Waals surface area contributed by atoms with Gasteiger partial charge in [-0.1, -0.05) is 140 Å². The Morgan fingerprint density at radius 2 is 0.926 bits per heavy atom. The third-order valence-corrected chi connectivity index (χ3v) is 10.2. The Kier molecular flexibility index (Phi) is 7.77. The van der Waals surface area contributed by atoms with Gasteiger partial charge in [-0.3, -0.25) is 0 Å². The van der Waals surface area contributed by atoms with Crippen LogP contribution in [-0.4, -0.2) is 14.5 Å². The maximum atomic E-state index is 5.40. The molecular formula is C50H34N4. The van der Waals surface area contributed by atoms with Gasteiger partial charge in [-0.15, -0.1) is 0 Å². The van der Waals surface area contributed by atoms with Gasteiger partial charge in [-0.2, -0.15) is 0 Å². The van der Waals surface area contributed by atoms with Gasteiger partial charge in [0.15, 0.2) is 0 Å². The molecule has 0 saturated carbocycles. The van der Waals surface area contributed by atoms with Crippen molar-refractivity contribution < 1.29 is 0 Å². The van der Waals surface area contributed by atoms with E-state index in [1.165, 1.54) is 21.8 Å². The van der Waals surface area contributed by atoms with E-state index < -0.39 is 0 Å². The molecular weight excluding hydrogens is 657 g/mol. The summed E-state index contributed by atoms with van der Waals surface area (Å²) in [5, 5.41) is 2.43. The first kappa shape index (κ1) is 31.4. The summed E-state index contributed by atoms with van der Waals surface area (Å²) in [7, 11) is 0. The summed E-state index contributed by atoms with van der Waals surface area (Å²) in [6.45, 7) is 0. The Morgan fingerprint density at radius 1 is 0.370 bits per heavy atom. The molecule has 0 unspecified atom stereocenters. The van der Waals surface area contributed by atoms with Crippen molar-refractivity contribution >= 4 is 49.9 Å². The van der Waals surface area contributed by atoms with Crippen molar-refractivity contribution in [2.45, 2.75) is 0 Å². The summed E-state index contributed by atoms with van der Waals surface area (Å²) in [6, 6.07) is 72.5. The number of fused-ring (bicyclic) bond motifs is 4. The lowest BCUT2D eigenvalue weighted by molar-refractivity contribution is 1.18. The average Bonchev–Trinajstić information content (AvgIpc) is 3.58. The smallest absolute Gasteiger partial charge is 0.0973 e. The maximum Gasteiger partial charge on any atom is 0.0973 e. The fourth-order valence-corrected chi connectivity index (χ4v) is 7.67. The molecule has 0 spiro atoms. The monoisotopic (exact) mass is 690 g/mol. The van der Waals surface area contributed by atoms with Gasteiger partial charge in [0.05, 0.1) is 33.5 Å².